The van der Waals surface area contributed by atoms with Crippen LogP contribution < -0.4 is 9.46 Å². The fourth-order valence-corrected chi connectivity index (χ4v) is 4.71. The first-order valence-corrected chi connectivity index (χ1v) is 11.3. The van der Waals surface area contributed by atoms with Crippen molar-refractivity contribution in [3.8, 4) is 0 Å². The number of fused-ring (bicyclic) bond motifs is 1. The summed E-state index contributed by atoms with van der Waals surface area (Å²) in [6.07, 6.45) is 0. The molecule has 0 saturated heterocycles. The number of sulfonamides is 1. The number of halogens is 1. The highest BCUT2D eigenvalue weighted by Gasteiger charge is 2.17. The molecule has 4 aromatic rings. The number of hydrogen-bond acceptors (Lipinski definition) is 4. The molecule has 0 aliphatic rings. The van der Waals surface area contributed by atoms with E-state index in [4.69, 9.17) is 0 Å². The van der Waals surface area contributed by atoms with E-state index in [0.29, 0.717) is 16.6 Å². The van der Waals surface area contributed by atoms with Crippen LogP contribution in [0.15, 0.2) is 76.4 Å². The van der Waals surface area contributed by atoms with Crippen molar-refractivity contribution in [1.82, 2.24) is 3.96 Å². The molecule has 0 radical (unpaired) electrons. The van der Waals surface area contributed by atoms with Crippen LogP contribution in [0.2, 0.25) is 0 Å². The number of hydrogen-bond donors (Lipinski definition) is 1. The third kappa shape index (κ3) is 4.77. The average Bonchev–Trinajstić information content (AvgIpc) is 3.00. The zero-order valence-electron chi connectivity index (χ0n) is 16.7. The molecule has 5 nitrogen and oxygen atoms in total. The van der Waals surface area contributed by atoms with E-state index < -0.39 is 10.0 Å². The van der Waals surface area contributed by atoms with E-state index in [0.717, 1.165) is 22.6 Å². The maximum atomic E-state index is 12.5. The Labute approximate surface area is 178 Å². The van der Waals surface area contributed by atoms with Crippen LogP contribution in [-0.4, -0.2) is 12.4 Å². The molecule has 3 aromatic carbocycles. The lowest BCUT2D eigenvalue weighted by atomic mass is 10.2. The summed E-state index contributed by atoms with van der Waals surface area (Å²) in [4.78, 5) is 12.0. The smallest absolute Gasteiger partial charge is 0.261 e. The molecule has 1 N–H and O–H groups in total. The minimum Gasteiger partial charge on any atom is -0.297 e. The second-order valence-electron chi connectivity index (χ2n) is 6.72. The Kier molecular flexibility index (Phi) is 6.38. The summed E-state index contributed by atoms with van der Waals surface area (Å²) in [6, 6.07) is 18.4. The van der Waals surface area contributed by atoms with Gasteiger partial charge in [0.1, 0.15) is 5.82 Å². The predicted octanol–water partition coefficient (Wildman–Crippen LogP) is 4.84. The fourth-order valence-electron chi connectivity index (χ4n) is 2.79. The van der Waals surface area contributed by atoms with E-state index in [1.54, 1.807) is 48.3 Å². The normalized spacial score (nSPS) is 11.1. The maximum absolute atomic E-state index is 12.5. The largest absolute Gasteiger partial charge is 0.297 e. The quantitative estimate of drug-likeness (QED) is 0.491. The third-order valence-corrected chi connectivity index (χ3v) is 6.74. The summed E-state index contributed by atoms with van der Waals surface area (Å²) in [5.74, 6) is -0.132. The standard InChI is InChI=1S/C15H14N2O3S2.C7H7F/c1-10-5-3-4-6-13(10)16-22(19,20)11-7-8-14-12(9-11)15(18)21-17(14)2;1-6-4-2-3-5-7(6)8/h3-9,16H,1-2H3;2-5H,1H3. The average molecular weight is 445 g/mol. The summed E-state index contributed by atoms with van der Waals surface area (Å²) < 4.78 is 41.5. The highest BCUT2D eigenvalue weighted by Crippen LogP contribution is 2.22. The van der Waals surface area contributed by atoms with E-state index in [1.807, 2.05) is 25.1 Å². The van der Waals surface area contributed by atoms with Gasteiger partial charge in [0.15, 0.2) is 0 Å². The molecule has 8 heteroatoms. The minimum atomic E-state index is -3.73. The van der Waals surface area contributed by atoms with Crippen LogP contribution in [0.1, 0.15) is 11.1 Å². The van der Waals surface area contributed by atoms with Gasteiger partial charge in [-0.1, -0.05) is 36.4 Å². The molecule has 1 aromatic heterocycles. The molecule has 0 aliphatic heterocycles. The molecule has 0 amide bonds. The Morgan fingerprint density at radius 2 is 1.57 bits per heavy atom. The van der Waals surface area contributed by atoms with Crippen molar-refractivity contribution in [3.05, 3.63) is 93.2 Å². The van der Waals surface area contributed by atoms with Crippen molar-refractivity contribution in [3.63, 3.8) is 0 Å². The maximum Gasteiger partial charge on any atom is 0.261 e. The van der Waals surface area contributed by atoms with E-state index in [2.05, 4.69) is 4.72 Å². The second-order valence-corrected chi connectivity index (χ2v) is 9.51. The van der Waals surface area contributed by atoms with Crippen LogP contribution in [-0.2, 0) is 17.1 Å². The Bertz CT molecular complexity index is 1340. The number of rotatable bonds is 3. The molecule has 0 bridgehead atoms. The fraction of sp³-hybridized carbons (Fsp3) is 0.136. The van der Waals surface area contributed by atoms with Crippen LogP contribution in [0.25, 0.3) is 10.9 Å². The molecular formula is C22H21FN2O3S2. The number of aryl methyl sites for hydroxylation is 3. The van der Waals surface area contributed by atoms with Crippen LogP contribution in [0, 0.1) is 19.7 Å². The van der Waals surface area contributed by atoms with Gasteiger partial charge in [-0.25, -0.2) is 12.8 Å². The molecule has 0 spiro atoms. The Balaban J connectivity index is 0.000000269. The Hall–Kier alpha value is -2.97. The lowest BCUT2D eigenvalue weighted by molar-refractivity contribution is 0.601. The van der Waals surface area contributed by atoms with E-state index >= 15 is 0 Å². The molecule has 0 fully saturated rings. The van der Waals surface area contributed by atoms with E-state index in [-0.39, 0.29) is 15.5 Å². The topological polar surface area (TPSA) is 68.2 Å². The zero-order valence-corrected chi connectivity index (χ0v) is 18.4. The van der Waals surface area contributed by atoms with Crippen molar-refractivity contribution in [2.45, 2.75) is 18.7 Å². The van der Waals surface area contributed by atoms with Crippen molar-refractivity contribution in [1.29, 1.82) is 0 Å². The second kappa shape index (κ2) is 8.81. The van der Waals surface area contributed by atoms with Gasteiger partial charge in [0.05, 0.1) is 21.5 Å². The third-order valence-electron chi connectivity index (χ3n) is 4.52. The Morgan fingerprint density at radius 1 is 0.933 bits per heavy atom. The highest BCUT2D eigenvalue weighted by atomic mass is 32.2. The van der Waals surface area contributed by atoms with Crippen LogP contribution in [0.3, 0.4) is 0 Å². The summed E-state index contributed by atoms with van der Waals surface area (Å²) in [7, 11) is -1.96. The van der Waals surface area contributed by atoms with E-state index in [9.17, 15) is 17.6 Å². The van der Waals surface area contributed by atoms with Gasteiger partial charge in [-0.15, -0.1) is 0 Å². The van der Waals surface area contributed by atoms with Crippen LogP contribution in [0.5, 0.6) is 0 Å². The van der Waals surface area contributed by atoms with Gasteiger partial charge in [-0.2, -0.15) is 0 Å². The molecule has 0 unspecified atom stereocenters. The molecule has 1 heterocycles. The van der Waals surface area contributed by atoms with Gasteiger partial charge in [0, 0.05) is 7.05 Å². The summed E-state index contributed by atoms with van der Waals surface area (Å²) in [5.41, 5.74) is 2.79. The number of nitrogens with zero attached hydrogens (tertiary/aromatic N) is 1. The summed E-state index contributed by atoms with van der Waals surface area (Å²) in [6.45, 7) is 3.57. The van der Waals surface area contributed by atoms with Gasteiger partial charge in [-0.3, -0.25) is 13.5 Å². The van der Waals surface area contributed by atoms with Gasteiger partial charge in [0.25, 0.3) is 14.8 Å². The molecule has 4 rings (SSSR count). The number of nitrogens with one attached hydrogen (secondary N) is 1. The monoisotopic (exact) mass is 444 g/mol. The molecule has 0 atom stereocenters. The molecule has 0 saturated carbocycles. The molecular weight excluding hydrogens is 423 g/mol. The molecule has 30 heavy (non-hydrogen) atoms. The number of benzene rings is 3. The SMILES string of the molecule is Cc1ccccc1F.Cc1ccccc1NS(=O)(=O)c1ccc2c(c1)c(=O)sn2C. The molecule has 0 aliphatic carbocycles. The van der Waals surface area contributed by atoms with Crippen molar-refractivity contribution in [2.24, 2.45) is 7.05 Å². The summed E-state index contributed by atoms with van der Waals surface area (Å²) >= 11 is 1.05. The van der Waals surface area contributed by atoms with Gasteiger partial charge >= 0.3 is 0 Å². The predicted molar refractivity (Wildman–Crippen MR) is 120 cm³/mol. The van der Waals surface area contributed by atoms with Crippen molar-refractivity contribution in [2.75, 3.05) is 4.72 Å². The first-order valence-electron chi connectivity index (χ1n) is 9.08. The van der Waals surface area contributed by atoms with Gasteiger partial charge in [0.2, 0.25) is 0 Å². The molecule has 156 valence electrons. The number of para-hydroxylation sites is 1. The van der Waals surface area contributed by atoms with Gasteiger partial charge < -0.3 is 0 Å². The number of anilines is 1. The van der Waals surface area contributed by atoms with Crippen LogP contribution in [0.4, 0.5) is 10.1 Å². The van der Waals surface area contributed by atoms with Crippen molar-refractivity contribution >= 4 is 38.1 Å². The summed E-state index contributed by atoms with van der Waals surface area (Å²) in [5, 5.41) is 0.417. The lowest BCUT2D eigenvalue weighted by Crippen LogP contribution is -2.13. The Morgan fingerprint density at radius 3 is 2.17 bits per heavy atom. The van der Waals surface area contributed by atoms with Crippen molar-refractivity contribution < 1.29 is 12.8 Å². The van der Waals surface area contributed by atoms with Crippen LogP contribution >= 0.6 is 11.5 Å². The highest BCUT2D eigenvalue weighted by molar-refractivity contribution is 7.92. The van der Waals surface area contributed by atoms with E-state index in [1.165, 1.54) is 18.2 Å². The zero-order chi connectivity index (χ0) is 21.9. The first kappa shape index (κ1) is 21.7. The lowest BCUT2D eigenvalue weighted by Gasteiger charge is -2.10. The minimum absolute atomic E-state index is 0.0822. The van der Waals surface area contributed by atoms with Gasteiger partial charge in [-0.05, 0) is 66.8 Å². The number of aromatic nitrogens is 1. The first-order chi connectivity index (χ1) is 14.2.